The van der Waals surface area contributed by atoms with Gasteiger partial charge in [-0.05, 0) is 32.4 Å². The van der Waals surface area contributed by atoms with Crippen LogP contribution in [0.2, 0.25) is 5.02 Å². The molecule has 2 N–H and O–H groups in total. The Morgan fingerprint density at radius 1 is 1.36 bits per heavy atom. The molecule has 128 valence electrons. The van der Waals surface area contributed by atoms with Crippen molar-refractivity contribution in [3.8, 4) is 11.8 Å². The van der Waals surface area contributed by atoms with Crippen LogP contribution in [0.3, 0.4) is 0 Å². The number of aromatic nitrogens is 4. The average Bonchev–Trinajstić information content (AvgIpc) is 2.94. The van der Waals surface area contributed by atoms with E-state index in [9.17, 15) is 5.26 Å². The Bertz CT molecular complexity index is 1020. The highest BCUT2D eigenvalue weighted by Crippen LogP contribution is 2.38. The first-order chi connectivity index (χ1) is 11.9. The van der Waals surface area contributed by atoms with Gasteiger partial charge in [0.05, 0.1) is 34.8 Å². The third-order valence-electron chi connectivity index (χ3n) is 4.33. The second-order valence-electron chi connectivity index (χ2n) is 5.75. The Morgan fingerprint density at radius 2 is 2.08 bits per heavy atom. The molecule has 8 heteroatoms. The Kier molecular flexibility index (Phi) is 4.23. The summed E-state index contributed by atoms with van der Waals surface area (Å²) >= 11 is 6.35. The number of nitrogens with two attached hydrogens (primary N) is 1. The molecule has 1 aromatic carbocycles. The van der Waals surface area contributed by atoms with Gasteiger partial charge in [-0.25, -0.2) is 14.6 Å². The van der Waals surface area contributed by atoms with E-state index in [4.69, 9.17) is 22.1 Å². The quantitative estimate of drug-likeness (QED) is 0.773. The smallest absolute Gasteiger partial charge is 0.164 e. The summed E-state index contributed by atoms with van der Waals surface area (Å²) in [6.07, 6.45) is 1.41. The number of fused-ring (bicyclic) bond motifs is 1. The van der Waals surface area contributed by atoms with E-state index in [2.05, 4.69) is 21.1 Å². The molecule has 0 spiro atoms. The van der Waals surface area contributed by atoms with Crippen molar-refractivity contribution >= 4 is 28.5 Å². The van der Waals surface area contributed by atoms with Crippen molar-refractivity contribution in [1.82, 2.24) is 19.7 Å². The van der Waals surface area contributed by atoms with E-state index < -0.39 is 0 Å². The van der Waals surface area contributed by atoms with Gasteiger partial charge in [0.2, 0.25) is 0 Å². The van der Waals surface area contributed by atoms with Crippen molar-refractivity contribution in [2.75, 3.05) is 12.8 Å². The number of aryl methyl sites for hydroxylation is 1. The molecule has 0 fully saturated rings. The summed E-state index contributed by atoms with van der Waals surface area (Å²) in [5.74, 6) is 0.969. The first kappa shape index (κ1) is 17.0. The lowest BCUT2D eigenvalue weighted by Gasteiger charge is -2.20. The molecule has 0 radical (unpaired) electrons. The van der Waals surface area contributed by atoms with E-state index in [1.54, 1.807) is 17.9 Å². The number of nitrogen functional groups attached to an aromatic ring is 1. The molecule has 1 atom stereocenters. The predicted molar refractivity (Wildman–Crippen MR) is 95.7 cm³/mol. The molecule has 0 aliphatic carbocycles. The summed E-state index contributed by atoms with van der Waals surface area (Å²) in [4.78, 5) is 8.37. The van der Waals surface area contributed by atoms with Crippen LogP contribution in [0, 0.1) is 25.2 Å². The van der Waals surface area contributed by atoms with Crippen LogP contribution < -0.4 is 10.5 Å². The second-order valence-corrected chi connectivity index (χ2v) is 6.13. The van der Waals surface area contributed by atoms with Gasteiger partial charge in [0.15, 0.2) is 5.65 Å². The number of halogens is 1. The molecule has 2 aromatic heterocycles. The zero-order valence-corrected chi connectivity index (χ0v) is 15.1. The summed E-state index contributed by atoms with van der Waals surface area (Å²) in [6.45, 7) is 5.69. The van der Waals surface area contributed by atoms with Crippen LogP contribution in [-0.4, -0.2) is 26.9 Å². The van der Waals surface area contributed by atoms with Gasteiger partial charge in [-0.1, -0.05) is 11.6 Å². The normalized spacial score (nSPS) is 12.2. The van der Waals surface area contributed by atoms with E-state index in [0.29, 0.717) is 27.8 Å². The first-order valence-corrected chi connectivity index (χ1v) is 8.00. The number of hydrogen-bond acceptors (Lipinski definition) is 6. The maximum atomic E-state index is 9.25. The minimum absolute atomic E-state index is 0.231. The topological polar surface area (TPSA) is 103 Å². The molecule has 0 saturated heterocycles. The van der Waals surface area contributed by atoms with E-state index in [1.165, 1.54) is 6.33 Å². The average molecular weight is 357 g/mol. The highest BCUT2D eigenvalue weighted by Gasteiger charge is 2.24. The Balaban J connectivity index is 2.27. The summed E-state index contributed by atoms with van der Waals surface area (Å²) in [5, 5.41) is 15.0. The Morgan fingerprint density at radius 3 is 2.72 bits per heavy atom. The van der Waals surface area contributed by atoms with Crippen LogP contribution in [-0.2, 0) is 0 Å². The van der Waals surface area contributed by atoms with E-state index in [-0.39, 0.29) is 6.04 Å². The van der Waals surface area contributed by atoms with Crippen LogP contribution in [0.15, 0.2) is 12.4 Å². The SMILES string of the molecule is COc1cc(C#N)c(Cl)c(C)c1C(C)n1nc(C)c2c(N)ncnc21. The van der Waals surface area contributed by atoms with Gasteiger partial charge in [0.1, 0.15) is 24.0 Å². The lowest BCUT2D eigenvalue weighted by atomic mass is 9.98. The fraction of sp³-hybridized carbons (Fsp3) is 0.294. The van der Waals surface area contributed by atoms with Gasteiger partial charge in [-0.3, -0.25) is 0 Å². The third-order valence-corrected chi connectivity index (χ3v) is 4.82. The molecule has 0 bridgehead atoms. The number of methoxy groups -OCH3 is 1. The number of nitrogens with zero attached hydrogens (tertiary/aromatic N) is 5. The maximum absolute atomic E-state index is 9.25. The number of ether oxygens (including phenoxy) is 1. The van der Waals surface area contributed by atoms with Crippen LogP contribution in [0.4, 0.5) is 5.82 Å². The number of rotatable bonds is 3. The number of nitriles is 1. The summed E-state index contributed by atoms with van der Waals surface area (Å²) in [5.41, 5.74) is 9.34. The van der Waals surface area contributed by atoms with Gasteiger partial charge in [-0.2, -0.15) is 10.4 Å². The molecular weight excluding hydrogens is 340 g/mol. The fourth-order valence-corrected chi connectivity index (χ4v) is 3.31. The predicted octanol–water partition coefficient (Wildman–Crippen LogP) is 3.17. The fourth-order valence-electron chi connectivity index (χ4n) is 3.11. The molecule has 0 aliphatic rings. The molecule has 0 aliphatic heterocycles. The number of anilines is 1. The van der Waals surface area contributed by atoms with Crippen LogP contribution in [0.5, 0.6) is 5.75 Å². The molecule has 2 heterocycles. The molecular formula is C17H17ClN6O. The summed E-state index contributed by atoms with van der Waals surface area (Å²) in [6, 6.07) is 3.50. The van der Waals surface area contributed by atoms with Gasteiger partial charge in [-0.15, -0.1) is 0 Å². The van der Waals surface area contributed by atoms with Crippen molar-refractivity contribution < 1.29 is 4.74 Å². The Labute approximate surface area is 150 Å². The van der Waals surface area contributed by atoms with Crippen molar-refractivity contribution in [2.45, 2.75) is 26.8 Å². The lowest BCUT2D eigenvalue weighted by molar-refractivity contribution is 0.400. The largest absolute Gasteiger partial charge is 0.496 e. The molecule has 7 nitrogen and oxygen atoms in total. The van der Waals surface area contributed by atoms with E-state index in [1.807, 2.05) is 20.8 Å². The van der Waals surface area contributed by atoms with Crippen LogP contribution in [0.25, 0.3) is 11.0 Å². The Hall–Kier alpha value is -2.85. The minimum Gasteiger partial charge on any atom is -0.496 e. The standard InChI is InChI=1S/C17H17ClN6O/c1-8-13(12(25-4)5-11(6-19)15(8)18)10(3)24-17-14(9(2)23-24)16(20)21-7-22-17/h5,7,10H,1-4H3,(H2,20,21,22). The molecule has 3 rings (SSSR count). The molecule has 25 heavy (non-hydrogen) atoms. The monoisotopic (exact) mass is 356 g/mol. The number of hydrogen-bond donors (Lipinski definition) is 1. The van der Waals surface area contributed by atoms with Crippen LogP contribution in [0.1, 0.15) is 35.3 Å². The van der Waals surface area contributed by atoms with E-state index in [0.717, 1.165) is 22.2 Å². The third kappa shape index (κ3) is 2.55. The lowest BCUT2D eigenvalue weighted by Crippen LogP contribution is -2.13. The highest BCUT2D eigenvalue weighted by atomic mass is 35.5. The van der Waals surface area contributed by atoms with E-state index >= 15 is 0 Å². The minimum atomic E-state index is -0.231. The van der Waals surface area contributed by atoms with Gasteiger partial charge in [0, 0.05) is 5.56 Å². The van der Waals surface area contributed by atoms with Crippen molar-refractivity contribution in [3.63, 3.8) is 0 Å². The summed E-state index contributed by atoms with van der Waals surface area (Å²) < 4.78 is 7.27. The molecule has 0 amide bonds. The van der Waals surface area contributed by atoms with Crippen molar-refractivity contribution in [1.29, 1.82) is 5.26 Å². The maximum Gasteiger partial charge on any atom is 0.164 e. The number of benzene rings is 1. The van der Waals surface area contributed by atoms with Gasteiger partial charge in [0.25, 0.3) is 0 Å². The highest BCUT2D eigenvalue weighted by molar-refractivity contribution is 6.32. The molecule has 3 aromatic rings. The van der Waals surface area contributed by atoms with Crippen LogP contribution >= 0.6 is 11.6 Å². The van der Waals surface area contributed by atoms with Gasteiger partial charge >= 0.3 is 0 Å². The zero-order chi connectivity index (χ0) is 18.3. The first-order valence-electron chi connectivity index (χ1n) is 7.63. The summed E-state index contributed by atoms with van der Waals surface area (Å²) in [7, 11) is 1.56. The van der Waals surface area contributed by atoms with Crippen molar-refractivity contribution in [3.05, 3.63) is 39.8 Å². The van der Waals surface area contributed by atoms with Gasteiger partial charge < -0.3 is 10.5 Å². The zero-order valence-electron chi connectivity index (χ0n) is 14.3. The second kappa shape index (κ2) is 6.22. The van der Waals surface area contributed by atoms with Crippen molar-refractivity contribution in [2.24, 2.45) is 0 Å². The molecule has 0 saturated carbocycles. The molecule has 1 unspecified atom stereocenters.